The summed E-state index contributed by atoms with van der Waals surface area (Å²) >= 11 is 5.83. The summed E-state index contributed by atoms with van der Waals surface area (Å²) in [7, 11) is 0. The van der Waals surface area contributed by atoms with E-state index in [0.29, 0.717) is 11.1 Å². The van der Waals surface area contributed by atoms with Crippen LogP contribution in [0.2, 0.25) is 5.15 Å². The van der Waals surface area contributed by atoms with Crippen molar-refractivity contribution in [3.63, 3.8) is 0 Å². The van der Waals surface area contributed by atoms with Gasteiger partial charge in [-0.2, -0.15) is 0 Å². The quantitative estimate of drug-likeness (QED) is 0.808. The maximum Gasteiger partial charge on any atom is 0.179 e. The van der Waals surface area contributed by atoms with Crippen LogP contribution in [0.5, 0.6) is 0 Å². The summed E-state index contributed by atoms with van der Waals surface area (Å²) in [5, 5.41) is 11.9. The third kappa shape index (κ3) is 1.57. The molecule has 0 aromatic carbocycles. The van der Waals surface area contributed by atoms with Crippen LogP contribution >= 0.6 is 11.6 Å². The lowest BCUT2D eigenvalue weighted by atomic mass is 9.99. The highest BCUT2D eigenvalue weighted by Crippen LogP contribution is 2.13. The van der Waals surface area contributed by atoms with E-state index in [1.165, 1.54) is 0 Å². The molecule has 3 rings (SSSR count). The minimum absolute atomic E-state index is 0.468. The maximum absolute atomic E-state index is 5.83. The molecule has 6 heteroatoms. The number of rotatable bonds is 2. The number of halogens is 1. The van der Waals surface area contributed by atoms with Crippen LogP contribution in [0.3, 0.4) is 0 Å². The van der Waals surface area contributed by atoms with E-state index in [1.807, 2.05) is 4.40 Å². The second-order valence-corrected chi connectivity index (χ2v) is 4.17. The zero-order chi connectivity index (χ0) is 10.3. The second-order valence-electron chi connectivity index (χ2n) is 3.78. The molecular weight excluding hydrogens is 214 g/mol. The minimum Gasteiger partial charge on any atom is -0.316 e. The number of aromatic nitrogens is 4. The SMILES string of the molecule is Clc1cn2c(CC3CNC3)nnc2cn1. The monoisotopic (exact) mass is 223 g/mol. The van der Waals surface area contributed by atoms with Crippen molar-refractivity contribution in [1.82, 2.24) is 24.9 Å². The number of fused-ring (bicyclic) bond motifs is 1. The highest BCUT2D eigenvalue weighted by Gasteiger charge is 2.19. The summed E-state index contributed by atoms with van der Waals surface area (Å²) in [6, 6.07) is 0. The first-order chi connectivity index (χ1) is 7.33. The molecule has 1 saturated heterocycles. The molecule has 1 aliphatic rings. The van der Waals surface area contributed by atoms with Crippen LogP contribution in [0.15, 0.2) is 12.4 Å². The molecule has 3 heterocycles. The molecule has 0 radical (unpaired) electrons. The Balaban J connectivity index is 1.98. The molecule has 0 unspecified atom stereocenters. The fourth-order valence-electron chi connectivity index (χ4n) is 1.72. The predicted molar refractivity (Wildman–Crippen MR) is 55.9 cm³/mol. The van der Waals surface area contributed by atoms with Crippen LogP contribution in [0.25, 0.3) is 5.65 Å². The second kappa shape index (κ2) is 3.43. The number of nitrogens with one attached hydrogen (secondary N) is 1. The van der Waals surface area contributed by atoms with Crippen molar-refractivity contribution in [1.29, 1.82) is 0 Å². The van der Waals surface area contributed by atoms with E-state index >= 15 is 0 Å². The molecular formula is C9H10ClN5. The van der Waals surface area contributed by atoms with Crippen molar-refractivity contribution in [2.45, 2.75) is 6.42 Å². The number of nitrogens with zero attached hydrogens (tertiary/aromatic N) is 4. The number of hydrogen-bond acceptors (Lipinski definition) is 4. The highest BCUT2D eigenvalue weighted by atomic mass is 35.5. The molecule has 0 aliphatic carbocycles. The van der Waals surface area contributed by atoms with Gasteiger partial charge in [0.25, 0.3) is 0 Å². The summed E-state index contributed by atoms with van der Waals surface area (Å²) in [6.07, 6.45) is 4.34. The van der Waals surface area contributed by atoms with Crippen molar-refractivity contribution < 1.29 is 0 Å². The molecule has 78 valence electrons. The topological polar surface area (TPSA) is 55.1 Å². The zero-order valence-corrected chi connectivity index (χ0v) is 8.78. The maximum atomic E-state index is 5.83. The van der Waals surface area contributed by atoms with E-state index in [2.05, 4.69) is 20.5 Å². The van der Waals surface area contributed by atoms with E-state index in [4.69, 9.17) is 11.6 Å². The van der Waals surface area contributed by atoms with Crippen LogP contribution in [0.4, 0.5) is 0 Å². The van der Waals surface area contributed by atoms with Gasteiger partial charge >= 0.3 is 0 Å². The lowest BCUT2D eigenvalue weighted by Crippen LogP contribution is -2.43. The summed E-state index contributed by atoms with van der Waals surface area (Å²) in [4.78, 5) is 3.96. The van der Waals surface area contributed by atoms with Crippen LogP contribution in [0, 0.1) is 5.92 Å². The van der Waals surface area contributed by atoms with E-state index < -0.39 is 0 Å². The van der Waals surface area contributed by atoms with Gasteiger partial charge in [-0.1, -0.05) is 11.6 Å². The van der Waals surface area contributed by atoms with Crippen molar-refractivity contribution in [3.8, 4) is 0 Å². The van der Waals surface area contributed by atoms with Crippen molar-refractivity contribution in [2.24, 2.45) is 5.92 Å². The van der Waals surface area contributed by atoms with Gasteiger partial charge in [-0.05, 0) is 19.0 Å². The third-order valence-electron chi connectivity index (χ3n) is 2.67. The lowest BCUT2D eigenvalue weighted by Gasteiger charge is -2.26. The molecule has 1 N–H and O–H groups in total. The Morgan fingerprint density at radius 1 is 1.47 bits per heavy atom. The van der Waals surface area contributed by atoms with Gasteiger partial charge in [0, 0.05) is 12.6 Å². The molecule has 0 amide bonds. The third-order valence-corrected chi connectivity index (χ3v) is 2.86. The molecule has 1 aliphatic heterocycles. The zero-order valence-electron chi connectivity index (χ0n) is 8.02. The summed E-state index contributed by atoms with van der Waals surface area (Å²) in [5.41, 5.74) is 0.752. The van der Waals surface area contributed by atoms with E-state index in [-0.39, 0.29) is 0 Å². The van der Waals surface area contributed by atoms with Gasteiger partial charge in [-0.15, -0.1) is 10.2 Å². The Bertz CT molecular complexity index is 490. The Hall–Kier alpha value is -1.20. The van der Waals surface area contributed by atoms with E-state index in [9.17, 15) is 0 Å². The van der Waals surface area contributed by atoms with Gasteiger partial charge < -0.3 is 5.32 Å². The number of hydrogen-bond donors (Lipinski definition) is 1. The van der Waals surface area contributed by atoms with E-state index in [1.54, 1.807) is 12.4 Å². The minimum atomic E-state index is 0.468. The van der Waals surface area contributed by atoms with Crippen molar-refractivity contribution in [3.05, 3.63) is 23.4 Å². The molecule has 15 heavy (non-hydrogen) atoms. The van der Waals surface area contributed by atoms with Gasteiger partial charge in [-0.3, -0.25) is 4.40 Å². The van der Waals surface area contributed by atoms with Crippen molar-refractivity contribution in [2.75, 3.05) is 13.1 Å². The average molecular weight is 224 g/mol. The molecule has 2 aromatic heterocycles. The first-order valence-corrected chi connectivity index (χ1v) is 5.26. The summed E-state index contributed by atoms with van der Waals surface area (Å²) in [5.74, 6) is 1.63. The summed E-state index contributed by atoms with van der Waals surface area (Å²) in [6.45, 7) is 2.13. The van der Waals surface area contributed by atoms with E-state index in [0.717, 1.165) is 31.0 Å². The standard InChI is InChI=1S/C9H10ClN5/c10-7-5-15-8(1-6-2-11-3-6)13-14-9(15)4-12-7/h4-6,11H,1-3H2. The van der Waals surface area contributed by atoms with Gasteiger partial charge in [0.15, 0.2) is 5.65 Å². The first-order valence-electron chi connectivity index (χ1n) is 4.89. The Morgan fingerprint density at radius 3 is 3.07 bits per heavy atom. The Morgan fingerprint density at radius 2 is 2.33 bits per heavy atom. The smallest absolute Gasteiger partial charge is 0.179 e. The average Bonchev–Trinajstić information content (AvgIpc) is 2.54. The molecule has 1 fully saturated rings. The first kappa shape index (κ1) is 9.06. The predicted octanol–water partition coefficient (Wildman–Crippen LogP) is 0.540. The molecule has 2 aromatic rings. The molecule has 5 nitrogen and oxygen atoms in total. The molecule has 0 spiro atoms. The van der Waals surface area contributed by atoms with Crippen LogP contribution in [-0.4, -0.2) is 32.7 Å². The summed E-state index contributed by atoms with van der Waals surface area (Å²) < 4.78 is 1.91. The fourth-order valence-corrected chi connectivity index (χ4v) is 1.86. The van der Waals surface area contributed by atoms with Gasteiger partial charge in [-0.25, -0.2) is 4.98 Å². The van der Waals surface area contributed by atoms with Crippen LogP contribution in [-0.2, 0) is 6.42 Å². The normalized spacial score (nSPS) is 16.9. The van der Waals surface area contributed by atoms with Crippen LogP contribution in [0.1, 0.15) is 5.82 Å². The van der Waals surface area contributed by atoms with Crippen LogP contribution < -0.4 is 5.32 Å². The van der Waals surface area contributed by atoms with Gasteiger partial charge in [0.05, 0.1) is 6.20 Å². The molecule has 0 saturated carbocycles. The van der Waals surface area contributed by atoms with Crippen molar-refractivity contribution >= 4 is 17.2 Å². The lowest BCUT2D eigenvalue weighted by molar-refractivity contribution is 0.340. The fraction of sp³-hybridized carbons (Fsp3) is 0.444. The Kier molecular flexibility index (Phi) is 2.07. The van der Waals surface area contributed by atoms with Gasteiger partial charge in [0.2, 0.25) is 0 Å². The largest absolute Gasteiger partial charge is 0.316 e. The van der Waals surface area contributed by atoms with Gasteiger partial charge in [0.1, 0.15) is 11.0 Å². The highest BCUT2D eigenvalue weighted by molar-refractivity contribution is 6.29. The molecule has 0 bridgehead atoms. The molecule has 0 atom stereocenters. The Labute approximate surface area is 91.5 Å².